The van der Waals surface area contributed by atoms with Gasteiger partial charge < -0.3 is 15.0 Å². The Hall–Kier alpha value is -2.78. The van der Waals surface area contributed by atoms with Gasteiger partial charge in [-0.25, -0.2) is 9.78 Å². The minimum Gasteiger partial charge on any atom is -0.383 e. The second-order valence-electron chi connectivity index (χ2n) is 7.24. The summed E-state index contributed by atoms with van der Waals surface area (Å²) in [6.07, 6.45) is 4.09. The van der Waals surface area contributed by atoms with Crippen molar-refractivity contribution in [1.82, 2.24) is 25.5 Å². The van der Waals surface area contributed by atoms with Crippen molar-refractivity contribution in [3.63, 3.8) is 0 Å². The number of rotatable bonds is 8. The average molecular weight is 401 g/mol. The minimum atomic E-state index is -0.467. The number of ether oxygens (including phenoxy) is 1. The summed E-state index contributed by atoms with van der Waals surface area (Å²) in [6.45, 7) is 1.09. The lowest BCUT2D eigenvalue weighted by Gasteiger charge is -2.21. The van der Waals surface area contributed by atoms with Gasteiger partial charge in [0.1, 0.15) is 5.82 Å². The topological polar surface area (TPSA) is 116 Å². The lowest BCUT2D eigenvalue weighted by Crippen LogP contribution is -2.47. The first kappa shape index (κ1) is 20.9. The van der Waals surface area contributed by atoms with Crippen LogP contribution in [-0.4, -0.2) is 59.7 Å². The number of hydrogen-bond donors (Lipinski definition) is 3. The highest BCUT2D eigenvalue weighted by Gasteiger charge is 2.19. The summed E-state index contributed by atoms with van der Waals surface area (Å²) in [4.78, 5) is 45.6. The number of carbonyl (C=O) groups excluding carboxylic acids is 2. The molecule has 0 saturated heterocycles. The van der Waals surface area contributed by atoms with E-state index in [1.54, 1.807) is 30.2 Å². The first-order chi connectivity index (χ1) is 14.0. The molecule has 0 atom stereocenters. The number of benzene rings is 1. The number of carbonyl (C=O) groups is 2. The number of aromatic amines is 1. The number of hydrogen-bond acceptors (Lipinski definition) is 6. The van der Waals surface area contributed by atoms with Gasteiger partial charge in [-0.1, -0.05) is 25.0 Å². The van der Waals surface area contributed by atoms with Gasteiger partial charge in [-0.05, 0) is 25.0 Å². The maximum absolute atomic E-state index is 12.3. The molecule has 1 aromatic carbocycles. The van der Waals surface area contributed by atoms with Crippen LogP contribution < -0.4 is 16.2 Å². The molecule has 0 aliphatic heterocycles. The van der Waals surface area contributed by atoms with Gasteiger partial charge in [0.25, 0.3) is 5.56 Å². The molecule has 9 nitrogen and oxygen atoms in total. The van der Waals surface area contributed by atoms with Crippen molar-refractivity contribution >= 4 is 22.8 Å². The number of para-hydroxylation sites is 1. The second kappa shape index (κ2) is 10.1. The van der Waals surface area contributed by atoms with E-state index in [0.717, 1.165) is 25.7 Å². The Kier molecular flexibility index (Phi) is 7.31. The monoisotopic (exact) mass is 401 g/mol. The largest absolute Gasteiger partial charge is 0.383 e. The number of nitrogens with zero attached hydrogens (tertiary/aromatic N) is 2. The summed E-state index contributed by atoms with van der Waals surface area (Å²) in [5.41, 5.74) is 0.371. The summed E-state index contributed by atoms with van der Waals surface area (Å²) < 4.78 is 5.11. The zero-order chi connectivity index (χ0) is 20.6. The number of urea groups is 1. The van der Waals surface area contributed by atoms with E-state index in [9.17, 15) is 14.4 Å². The molecule has 1 aliphatic rings. The Balaban J connectivity index is 1.62. The number of fused-ring (bicyclic) bond motifs is 1. The van der Waals surface area contributed by atoms with Crippen molar-refractivity contribution in [3.05, 3.63) is 40.4 Å². The highest BCUT2D eigenvalue weighted by molar-refractivity contribution is 5.95. The fourth-order valence-corrected chi connectivity index (χ4v) is 3.52. The number of amides is 3. The van der Waals surface area contributed by atoms with Crippen LogP contribution in [0.15, 0.2) is 29.1 Å². The Morgan fingerprint density at radius 2 is 2.03 bits per heavy atom. The quantitative estimate of drug-likeness (QED) is 0.611. The molecule has 3 amide bonds. The van der Waals surface area contributed by atoms with Gasteiger partial charge in [0.05, 0.1) is 30.6 Å². The normalized spacial score (nSPS) is 14.4. The molecule has 3 N–H and O–H groups in total. The van der Waals surface area contributed by atoms with Crippen LogP contribution in [0.5, 0.6) is 0 Å². The Morgan fingerprint density at radius 3 is 2.79 bits per heavy atom. The molecule has 2 aromatic rings. The SMILES string of the molecule is COCCN(CC(=O)NC(=O)NC1CCCC1)Cc1nc2ccccc2c(=O)[nH]1. The van der Waals surface area contributed by atoms with Crippen LogP contribution >= 0.6 is 0 Å². The van der Waals surface area contributed by atoms with Crippen molar-refractivity contribution in [2.75, 3.05) is 26.8 Å². The van der Waals surface area contributed by atoms with Crippen LogP contribution in [0.25, 0.3) is 10.9 Å². The van der Waals surface area contributed by atoms with Gasteiger partial charge in [0.2, 0.25) is 5.91 Å². The molecule has 1 aliphatic carbocycles. The number of aromatic nitrogens is 2. The van der Waals surface area contributed by atoms with Crippen LogP contribution in [0.2, 0.25) is 0 Å². The van der Waals surface area contributed by atoms with E-state index >= 15 is 0 Å². The third-order valence-electron chi connectivity index (χ3n) is 4.96. The molecule has 3 rings (SSSR count). The van der Waals surface area contributed by atoms with E-state index in [1.807, 2.05) is 6.07 Å². The summed E-state index contributed by atoms with van der Waals surface area (Å²) >= 11 is 0. The molecule has 1 aromatic heterocycles. The van der Waals surface area contributed by atoms with Gasteiger partial charge in [-0.2, -0.15) is 0 Å². The van der Waals surface area contributed by atoms with Crippen molar-refractivity contribution in [1.29, 1.82) is 0 Å². The highest BCUT2D eigenvalue weighted by atomic mass is 16.5. The van der Waals surface area contributed by atoms with Crippen LogP contribution in [0, 0.1) is 0 Å². The standard InChI is InChI=1S/C20H27N5O4/c1-29-11-10-25(13-18(26)24-20(28)21-14-6-2-3-7-14)12-17-22-16-9-5-4-8-15(16)19(27)23-17/h4-5,8-9,14H,2-3,6-7,10-13H2,1H3,(H,22,23,27)(H2,21,24,26,28). The molecule has 1 saturated carbocycles. The Labute approximate surface area is 168 Å². The Bertz CT molecular complexity index is 907. The fraction of sp³-hybridized carbons (Fsp3) is 0.500. The van der Waals surface area contributed by atoms with Gasteiger partial charge in [-0.3, -0.25) is 19.8 Å². The maximum Gasteiger partial charge on any atom is 0.321 e. The molecule has 0 spiro atoms. The molecule has 1 heterocycles. The van der Waals surface area contributed by atoms with E-state index in [2.05, 4.69) is 20.6 Å². The van der Waals surface area contributed by atoms with E-state index in [1.165, 1.54) is 0 Å². The molecule has 0 bridgehead atoms. The fourth-order valence-electron chi connectivity index (χ4n) is 3.52. The lowest BCUT2D eigenvalue weighted by molar-refractivity contribution is -0.121. The predicted molar refractivity (Wildman–Crippen MR) is 108 cm³/mol. The highest BCUT2D eigenvalue weighted by Crippen LogP contribution is 2.17. The molecule has 156 valence electrons. The van der Waals surface area contributed by atoms with E-state index < -0.39 is 11.9 Å². The lowest BCUT2D eigenvalue weighted by atomic mass is 10.2. The third-order valence-corrected chi connectivity index (χ3v) is 4.96. The number of nitrogens with one attached hydrogen (secondary N) is 3. The summed E-state index contributed by atoms with van der Waals surface area (Å²) in [5.74, 6) is 0.0350. The van der Waals surface area contributed by atoms with Gasteiger partial charge >= 0.3 is 6.03 Å². The van der Waals surface area contributed by atoms with Crippen LogP contribution in [0.3, 0.4) is 0 Å². The van der Waals surface area contributed by atoms with Gasteiger partial charge in [-0.15, -0.1) is 0 Å². The van der Waals surface area contributed by atoms with Crippen LogP contribution in [0.4, 0.5) is 4.79 Å². The molecular weight excluding hydrogens is 374 g/mol. The molecule has 0 radical (unpaired) electrons. The van der Waals surface area contributed by atoms with Crippen molar-refractivity contribution in [2.45, 2.75) is 38.3 Å². The van der Waals surface area contributed by atoms with Crippen molar-refractivity contribution < 1.29 is 14.3 Å². The molecular formula is C20H27N5O4. The van der Waals surface area contributed by atoms with E-state index in [-0.39, 0.29) is 24.7 Å². The predicted octanol–water partition coefficient (Wildman–Crippen LogP) is 1.14. The zero-order valence-corrected chi connectivity index (χ0v) is 16.6. The van der Waals surface area contributed by atoms with E-state index in [4.69, 9.17) is 4.74 Å². The third kappa shape index (κ3) is 6.10. The number of H-pyrrole nitrogens is 1. The molecule has 1 fully saturated rings. The first-order valence-corrected chi connectivity index (χ1v) is 9.84. The van der Waals surface area contributed by atoms with Crippen molar-refractivity contribution in [3.8, 4) is 0 Å². The van der Waals surface area contributed by atoms with Crippen LogP contribution in [0.1, 0.15) is 31.5 Å². The summed E-state index contributed by atoms with van der Waals surface area (Å²) in [7, 11) is 1.57. The molecule has 0 unspecified atom stereocenters. The summed E-state index contributed by atoms with van der Waals surface area (Å²) in [6, 6.07) is 6.75. The zero-order valence-electron chi connectivity index (χ0n) is 16.6. The number of methoxy groups -OCH3 is 1. The van der Waals surface area contributed by atoms with Gasteiger partial charge in [0, 0.05) is 19.7 Å². The minimum absolute atomic E-state index is 0.0159. The van der Waals surface area contributed by atoms with Crippen molar-refractivity contribution in [2.24, 2.45) is 0 Å². The maximum atomic E-state index is 12.3. The average Bonchev–Trinajstić information content (AvgIpc) is 3.19. The second-order valence-corrected chi connectivity index (χ2v) is 7.24. The van der Waals surface area contributed by atoms with E-state index in [0.29, 0.717) is 29.9 Å². The van der Waals surface area contributed by atoms with Gasteiger partial charge in [0.15, 0.2) is 0 Å². The molecule has 29 heavy (non-hydrogen) atoms. The number of imide groups is 1. The van der Waals surface area contributed by atoms with Crippen LogP contribution in [-0.2, 0) is 16.1 Å². The first-order valence-electron chi connectivity index (χ1n) is 9.84. The summed E-state index contributed by atoms with van der Waals surface area (Å²) in [5, 5.41) is 5.72. The molecule has 9 heteroatoms. The Morgan fingerprint density at radius 1 is 1.28 bits per heavy atom. The smallest absolute Gasteiger partial charge is 0.321 e.